The van der Waals surface area contributed by atoms with Gasteiger partial charge in [-0.25, -0.2) is 0 Å². The van der Waals surface area contributed by atoms with Gasteiger partial charge in [0.25, 0.3) is 0 Å². The molecule has 1 aromatic carbocycles. The first-order chi connectivity index (χ1) is 8.04. The second kappa shape index (κ2) is 6.99. The summed E-state index contributed by atoms with van der Waals surface area (Å²) in [6.07, 6.45) is -0.462. The van der Waals surface area contributed by atoms with Gasteiger partial charge in [0.2, 0.25) is 0 Å². The van der Waals surface area contributed by atoms with Crippen molar-refractivity contribution in [2.24, 2.45) is 0 Å². The number of rotatable bonds is 6. The Balaban J connectivity index is 2.87. The van der Waals surface area contributed by atoms with Gasteiger partial charge in [0.15, 0.2) is 0 Å². The normalized spacial score (nSPS) is 14.4. The van der Waals surface area contributed by atoms with Crippen molar-refractivity contribution in [3.05, 3.63) is 28.2 Å². The van der Waals surface area contributed by atoms with Gasteiger partial charge in [-0.15, -0.1) is 0 Å². The number of nitrogens with one attached hydrogen (secondary N) is 1. The molecule has 0 radical (unpaired) electrons. The molecule has 2 N–H and O–H groups in total. The van der Waals surface area contributed by atoms with Gasteiger partial charge < -0.3 is 15.2 Å². The topological polar surface area (TPSA) is 41.5 Å². The van der Waals surface area contributed by atoms with Gasteiger partial charge in [-0.1, -0.05) is 28.9 Å². The van der Waals surface area contributed by atoms with E-state index in [0.717, 1.165) is 22.3 Å². The van der Waals surface area contributed by atoms with Crippen molar-refractivity contribution in [3.63, 3.8) is 0 Å². The molecule has 3 nitrogen and oxygen atoms in total. The molecule has 4 heteroatoms. The maximum atomic E-state index is 9.26. The summed E-state index contributed by atoms with van der Waals surface area (Å²) < 4.78 is 6.60. The summed E-state index contributed by atoms with van der Waals surface area (Å²) in [6, 6.07) is 6.20. The molecule has 0 aliphatic carbocycles. The third-order valence-electron chi connectivity index (χ3n) is 2.43. The summed E-state index contributed by atoms with van der Waals surface area (Å²) in [5.41, 5.74) is 1.11. The molecule has 1 aromatic rings. The van der Waals surface area contributed by atoms with Crippen LogP contribution in [0.2, 0.25) is 0 Å². The Labute approximate surface area is 111 Å². The molecule has 0 aliphatic rings. The summed E-state index contributed by atoms with van der Waals surface area (Å²) in [7, 11) is 0. The zero-order chi connectivity index (χ0) is 12.8. The molecule has 0 fully saturated rings. The van der Waals surface area contributed by atoms with Gasteiger partial charge in [0, 0.05) is 16.1 Å². The van der Waals surface area contributed by atoms with Crippen LogP contribution >= 0.6 is 15.9 Å². The quantitative estimate of drug-likeness (QED) is 0.849. The Kier molecular flexibility index (Phi) is 5.95. The predicted octanol–water partition coefficient (Wildman–Crippen LogP) is 2.88. The van der Waals surface area contributed by atoms with Gasteiger partial charge in [-0.05, 0) is 32.5 Å². The van der Waals surface area contributed by atoms with Gasteiger partial charge in [-0.2, -0.15) is 0 Å². The standard InChI is InChI=1S/C13H20BrNO2/c1-4-15-10(3)12-6-5-11(14)7-13(12)17-8-9(2)16/h5-7,9-10,15-16H,4,8H2,1-3H3. The first-order valence-electron chi connectivity index (χ1n) is 5.88. The van der Waals surface area contributed by atoms with Crippen LogP contribution < -0.4 is 10.1 Å². The lowest BCUT2D eigenvalue weighted by Gasteiger charge is -2.18. The van der Waals surface area contributed by atoms with Crippen LogP contribution in [0.1, 0.15) is 32.4 Å². The highest BCUT2D eigenvalue weighted by Gasteiger charge is 2.12. The van der Waals surface area contributed by atoms with E-state index in [0.29, 0.717) is 6.61 Å². The summed E-state index contributed by atoms with van der Waals surface area (Å²) in [5.74, 6) is 0.814. The Bertz CT molecular complexity index is 355. The van der Waals surface area contributed by atoms with Crippen LogP contribution in [0, 0.1) is 0 Å². The number of halogens is 1. The lowest BCUT2D eigenvalue weighted by Crippen LogP contribution is -2.20. The van der Waals surface area contributed by atoms with Gasteiger partial charge in [0.05, 0.1) is 6.10 Å². The van der Waals surface area contributed by atoms with E-state index in [2.05, 4.69) is 35.1 Å². The summed E-state index contributed by atoms with van der Waals surface area (Å²) in [5, 5.41) is 12.6. The maximum absolute atomic E-state index is 9.26. The SMILES string of the molecule is CCNC(C)c1ccc(Br)cc1OCC(C)O. The van der Waals surface area contributed by atoms with E-state index in [1.54, 1.807) is 6.92 Å². The van der Waals surface area contributed by atoms with Crippen LogP contribution in [-0.2, 0) is 0 Å². The zero-order valence-electron chi connectivity index (χ0n) is 10.5. The number of aliphatic hydroxyl groups is 1. The summed E-state index contributed by atoms with van der Waals surface area (Å²) >= 11 is 3.43. The zero-order valence-corrected chi connectivity index (χ0v) is 12.1. The van der Waals surface area contributed by atoms with Crippen molar-refractivity contribution in [1.29, 1.82) is 0 Å². The average molecular weight is 302 g/mol. The highest BCUT2D eigenvalue weighted by atomic mass is 79.9. The van der Waals surface area contributed by atoms with Gasteiger partial charge >= 0.3 is 0 Å². The van der Waals surface area contributed by atoms with Crippen molar-refractivity contribution >= 4 is 15.9 Å². The molecule has 0 spiro atoms. The van der Waals surface area contributed by atoms with Crippen LogP contribution in [0.5, 0.6) is 5.75 Å². The Morgan fingerprint density at radius 1 is 1.41 bits per heavy atom. The molecular weight excluding hydrogens is 282 g/mol. The van der Waals surface area contributed by atoms with Crippen molar-refractivity contribution in [3.8, 4) is 5.75 Å². The molecule has 0 amide bonds. The third kappa shape index (κ3) is 4.66. The van der Waals surface area contributed by atoms with Crippen LogP contribution in [0.4, 0.5) is 0 Å². The molecule has 0 saturated carbocycles. The van der Waals surface area contributed by atoms with E-state index < -0.39 is 6.10 Å². The maximum Gasteiger partial charge on any atom is 0.125 e. The largest absolute Gasteiger partial charge is 0.491 e. The fourth-order valence-corrected chi connectivity index (χ4v) is 1.96. The molecule has 0 heterocycles. The van der Waals surface area contributed by atoms with Crippen LogP contribution in [-0.4, -0.2) is 24.4 Å². The highest BCUT2D eigenvalue weighted by Crippen LogP contribution is 2.28. The lowest BCUT2D eigenvalue weighted by molar-refractivity contribution is 0.121. The Morgan fingerprint density at radius 2 is 2.12 bits per heavy atom. The number of hydrogen-bond donors (Lipinski definition) is 2. The molecule has 0 bridgehead atoms. The number of aliphatic hydroxyl groups excluding tert-OH is 1. The molecule has 2 unspecified atom stereocenters. The minimum Gasteiger partial charge on any atom is -0.491 e. The van der Waals surface area contributed by atoms with E-state index >= 15 is 0 Å². The minimum absolute atomic E-state index is 0.233. The Morgan fingerprint density at radius 3 is 2.71 bits per heavy atom. The van der Waals surface area contributed by atoms with E-state index in [1.807, 2.05) is 18.2 Å². The Hall–Kier alpha value is -0.580. The third-order valence-corrected chi connectivity index (χ3v) is 2.93. The van der Waals surface area contributed by atoms with E-state index in [4.69, 9.17) is 4.74 Å². The van der Waals surface area contributed by atoms with Crippen LogP contribution in [0.25, 0.3) is 0 Å². The first kappa shape index (κ1) is 14.5. The molecule has 96 valence electrons. The van der Waals surface area contributed by atoms with Crippen LogP contribution in [0.3, 0.4) is 0 Å². The molecule has 0 saturated heterocycles. The predicted molar refractivity (Wildman–Crippen MR) is 73.4 cm³/mol. The smallest absolute Gasteiger partial charge is 0.125 e. The van der Waals surface area contributed by atoms with E-state index in [-0.39, 0.29) is 6.04 Å². The first-order valence-corrected chi connectivity index (χ1v) is 6.67. The lowest BCUT2D eigenvalue weighted by atomic mass is 10.1. The summed E-state index contributed by atoms with van der Waals surface area (Å²) in [4.78, 5) is 0. The monoisotopic (exact) mass is 301 g/mol. The molecule has 1 rings (SSSR count). The molecule has 0 aliphatic heterocycles. The number of ether oxygens (including phenoxy) is 1. The number of benzene rings is 1. The number of hydrogen-bond acceptors (Lipinski definition) is 3. The average Bonchev–Trinajstić information content (AvgIpc) is 2.26. The van der Waals surface area contributed by atoms with Gasteiger partial charge in [-0.3, -0.25) is 0 Å². The fourth-order valence-electron chi connectivity index (χ4n) is 1.62. The second-order valence-corrected chi connectivity index (χ2v) is 5.04. The molecule has 17 heavy (non-hydrogen) atoms. The molecular formula is C13H20BrNO2. The molecule has 2 atom stereocenters. The van der Waals surface area contributed by atoms with E-state index in [9.17, 15) is 5.11 Å². The minimum atomic E-state index is -0.462. The fraction of sp³-hybridized carbons (Fsp3) is 0.538. The van der Waals surface area contributed by atoms with E-state index in [1.165, 1.54) is 0 Å². The van der Waals surface area contributed by atoms with Crippen molar-refractivity contribution in [1.82, 2.24) is 5.32 Å². The van der Waals surface area contributed by atoms with Crippen molar-refractivity contribution in [2.45, 2.75) is 32.9 Å². The molecule has 0 aromatic heterocycles. The summed E-state index contributed by atoms with van der Waals surface area (Å²) in [6.45, 7) is 7.11. The highest BCUT2D eigenvalue weighted by molar-refractivity contribution is 9.10. The van der Waals surface area contributed by atoms with Gasteiger partial charge in [0.1, 0.15) is 12.4 Å². The van der Waals surface area contributed by atoms with Crippen molar-refractivity contribution in [2.75, 3.05) is 13.2 Å². The second-order valence-electron chi connectivity index (χ2n) is 4.12. The van der Waals surface area contributed by atoms with Crippen LogP contribution in [0.15, 0.2) is 22.7 Å². The van der Waals surface area contributed by atoms with Crippen molar-refractivity contribution < 1.29 is 9.84 Å².